The van der Waals surface area contributed by atoms with E-state index in [1.54, 1.807) is 26.4 Å². The molecule has 0 bridgehead atoms. The molecule has 3 aromatic carbocycles. The van der Waals surface area contributed by atoms with Gasteiger partial charge in [0.1, 0.15) is 0 Å². The first-order chi connectivity index (χ1) is 16.6. The number of methoxy groups -OCH3 is 2. The first-order valence-corrected chi connectivity index (χ1v) is 11.8. The fourth-order valence-electron chi connectivity index (χ4n) is 5.13. The molecule has 0 aliphatic carbocycles. The monoisotopic (exact) mass is 477 g/mol. The van der Waals surface area contributed by atoms with Gasteiger partial charge in [-0.2, -0.15) is 0 Å². The number of hydrogen-bond donors (Lipinski definition) is 1. The molecule has 2 atom stereocenters. The predicted octanol–water partition coefficient (Wildman–Crippen LogP) is 4.86. The summed E-state index contributed by atoms with van der Waals surface area (Å²) in [7, 11) is 3.18. The number of benzene rings is 3. The van der Waals surface area contributed by atoms with Crippen molar-refractivity contribution in [2.75, 3.05) is 49.0 Å². The summed E-state index contributed by atoms with van der Waals surface area (Å²) in [6.45, 7) is 2.40. The van der Waals surface area contributed by atoms with Crippen molar-refractivity contribution < 1.29 is 14.3 Å². The Labute approximate surface area is 205 Å². The maximum atomic E-state index is 13.6. The number of fused-ring (bicyclic) bond motifs is 3. The van der Waals surface area contributed by atoms with Crippen LogP contribution in [0.1, 0.15) is 5.56 Å². The zero-order valence-corrected chi connectivity index (χ0v) is 20.1. The largest absolute Gasteiger partial charge is 0.493 e. The average molecular weight is 478 g/mol. The van der Waals surface area contributed by atoms with E-state index in [2.05, 4.69) is 33.3 Å². The van der Waals surface area contributed by atoms with Gasteiger partial charge >= 0.3 is 0 Å². The summed E-state index contributed by atoms with van der Waals surface area (Å²) in [5, 5.41) is 3.86. The molecule has 1 amide bonds. The summed E-state index contributed by atoms with van der Waals surface area (Å²) >= 11 is 6.52. The van der Waals surface area contributed by atoms with Gasteiger partial charge in [0.05, 0.1) is 36.9 Å². The van der Waals surface area contributed by atoms with Crippen LogP contribution in [0.25, 0.3) is 0 Å². The Morgan fingerprint density at radius 3 is 2.44 bits per heavy atom. The lowest BCUT2D eigenvalue weighted by molar-refractivity contribution is -0.120. The quantitative estimate of drug-likeness (QED) is 0.568. The summed E-state index contributed by atoms with van der Waals surface area (Å²) < 4.78 is 10.7. The minimum atomic E-state index is -0.215. The number of nitrogens with one attached hydrogen (secondary N) is 1. The van der Waals surface area contributed by atoms with Gasteiger partial charge in [-0.15, -0.1) is 0 Å². The van der Waals surface area contributed by atoms with Crippen LogP contribution in [0.15, 0.2) is 66.7 Å². The number of anilines is 3. The number of halogens is 1. The number of nitrogens with zero attached hydrogens (tertiary/aromatic N) is 2. The molecule has 0 aromatic heterocycles. The molecule has 3 aromatic rings. The molecule has 34 heavy (non-hydrogen) atoms. The van der Waals surface area contributed by atoms with Gasteiger partial charge in [-0.3, -0.25) is 4.79 Å². The summed E-state index contributed by atoms with van der Waals surface area (Å²) in [6, 6.07) is 21.8. The van der Waals surface area contributed by atoms with Crippen molar-refractivity contribution >= 4 is 34.6 Å². The number of amides is 1. The van der Waals surface area contributed by atoms with Crippen molar-refractivity contribution in [1.82, 2.24) is 0 Å². The molecule has 2 aliphatic rings. The molecule has 6 nitrogen and oxygen atoms in total. The second-order valence-corrected chi connectivity index (χ2v) is 9.06. The van der Waals surface area contributed by atoms with Crippen LogP contribution in [0.3, 0.4) is 0 Å². The maximum Gasteiger partial charge on any atom is 0.229 e. The second-order valence-electron chi connectivity index (χ2n) is 8.66. The Hall–Kier alpha value is -3.38. The molecule has 2 heterocycles. The van der Waals surface area contributed by atoms with Crippen molar-refractivity contribution in [1.29, 1.82) is 0 Å². The van der Waals surface area contributed by atoms with Crippen molar-refractivity contribution in [3.63, 3.8) is 0 Å². The topological polar surface area (TPSA) is 54.0 Å². The van der Waals surface area contributed by atoms with E-state index in [-0.39, 0.29) is 17.9 Å². The Balaban J connectivity index is 1.44. The molecule has 7 heteroatoms. The van der Waals surface area contributed by atoms with Crippen LogP contribution in [0.2, 0.25) is 5.02 Å². The third kappa shape index (κ3) is 4.14. The van der Waals surface area contributed by atoms with Crippen LogP contribution in [-0.2, 0) is 11.2 Å². The van der Waals surface area contributed by atoms with Crippen LogP contribution in [-0.4, -0.2) is 45.8 Å². The molecule has 0 saturated carbocycles. The third-order valence-corrected chi connectivity index (χ3v) is 7.12. The lowest BCUT2D eigenvalue weighted by Crippen LogP contribution is -2.60. The van der Waals surface area contributed by atoms with Gasteiger partial charge in [0, 0.05) is 37.1 Å². The van der Waals surface area contributed by atoms with Gasteiger partial charge < -0.3 is 24.6 Å². The van der Waals surface area contributed by atoms with Crippen molar-refractivity contribution in [3.8, 4) is 11.5 Å². The normalized spacial score (nSPS) is 19.1. The lowest BCUT2D eigenvalue weighted by Gasteiger charge is -2.49. The number of carbonyl (C=O) groups is 1. The fraction of sp³-hybridized carbons (Fsp3) is 0.296. The first kappa shape index (κ1) is 22.4. The summed E-state index contributed by atoms with van der Waals surface area (Å²) in [4.78, 5) is 18.3. The van der Waals surface area contributed by atoms with Crippen molar-refractivity contribution in [2.45, 2.75) is 12.5 Å². The van der Waals surface area contributed by atoms with Crippen molar-refractivity contribution in [2.24, 2.45) is 5.92 Å². The van der Waals surface area contributed by atoms with E-state index < -0.39 is 0 Å². The van der Waals surface area contributed by atoms with Crippen LogP contribution in [0, 0.1) is 5.92 Å². The highest BCUT2D eigenvalue weighted by Gasteiger charge is 2.41. The number of hydrogen-bond acceptors (Lipinski definition) is 5. The Kier molecular flexibility index (Phi) is 6.24. The molecule has 176 valence electrons. The molecule has 1 N–H and O–H groups in total. The molecular weight excluding hydrogens is 450 g/mol. The molecule has 0 radical (unpaired) electrons. The minimum Gasteiger partial charge on any atom is -0.493 e. The number of ether oxygens (including phenoxy) is 2. The summed E-state index contributed by atoms with van der Waals surface area (Å²) in [5.74, 6) is 0.991. The van der Waals surface area contributed by atoms with Gasteiger partial charge in [0.2, 0.25) is 5.91 Å². The SMILES string of the molecule is COc1ccc(NC(=O)[C@@H]2Cc3ccccc3N3CCN(c4ccccc4Cl)C[C@@H]23)cc1OC. The molecule has 1 saturated heterocycles. The van der Waals surface area contributed by atoms with Gasteiger partial charge in [-0.1, -0.05) is 41.9 Å². The highest BCUT2D eigenvalue weighted by atomic mass is 35.5. The van der Waals surface area contributed by atoms with E-state index in [0.717, 1.165) is 30.3 Å². The minimum absolute atomic E-state index is 0.00210. The number of para-hydroxylation sites is 2. The molecule has 1 fully saturated rings. The van der Waals surface area contributed by atoms with E-state index in [9.17, 15) is 4.79 Å². The fourth-order valence-corrected chi connectivity index (χ4v) is 5.39. The zero-order chi connectivity index (χ0) is 23.7. The third-order valence-electron chi connectivity index (χ3n) is 6.80. The molecule has 5 rings (SSSR count). The molecule has 0 spiro atoms. The zero-order valence-electron chi connectivity index (χ0n) is 19.3. The van der Waals surface area contributed by atoms with Gasteiger partial charge in [0.25, 0.3) is 0 Å². The van der Waals surface area contributed by atoms with Crippen LogP contribution >= 0.6 is 11.6 Å². The molecule has 0 unspecified atom stereocenters. The van der Waals surface area contributed by atoms with E-state index in [4.69, 9.17) is 21.1 Å². The highest BCUT2D eigenvalue weighted by Crippen LogP contribution is 2.38. The average Bonchev–Trinajstić information content (AvgIpc) is 2.88. The van der Waals surface area contributed by atoms with Crippen LogP contribution < -0.4 is 24.6 Å². The van der Waals surface area contributed by atoms with Gasteiger partial charge in [-0.05, 0) is 42.3 Å². The van der Waals surface area contributed by atoms with E-state index >= 15 is 0 Å². The number of piperazine rings is 1. The highest BCUT2D eigenvalue weighted by molar-refractivity contribution is 6.33. The lowest BCUT2D eigenvalue weighted by atomic mass is 9.83. The summed E-state index contributed by atoms with van der Waals surface area (Å²) in [5.41, 5.74) is 4.13. The van der Waals surface area contributed by atoms with Crippen molar-refractivity contribution in [3.05, 3.63) is 77.3 Å². The predicted molar refractivity (Wildman–Crippen MR) is 137 cm³/mol. The Morgan fingerprint density at radius 2 is 1.68 bits per heavy atom. The number of rotatable bonds is 5. The Morgan fingerprint density at radius 1 is 0.941 bits per heavy atom. The maximum absolute atomic E-state index is 13.6. The Bertz CT molecular complexity index is 1200. The molecular formula is C27H28ClN3O3. The smallest absolute Gasteiger partial charge is 0.229 e. The van der Waals surface area contributed by atoms with Crippen LogP contribution in [0.4, 0.5) is 17.1 Å². The standard InChI is InChI=1S/C27H28ClN3O3/c1-33-25-12-11-19(16-26(25)34-2)29-27(32)20-15-18-7-3-5-9-22(18)31-14-13-30(17-24(20)31)23-10-6-4-8-21(23)28/h3-12,16,20,24H,13-15,17H2,1-2H3,(H,29,32)/t20-,24+/m1/s1. The second kappa shape index (κ2) is 9.47. The molecule has 2 aliphatic heterocycles. The number of carbonyl (C=O) groups excluding carboxylic acids is 1. The van der Waals surface area contributed by atoms with E-state index in [1.165, 1.54) is 11.3 Å². The van der Waals surface area contributed by atoms with Crippen LogP contribution in [0.5, 0.6) is 11.5 Å². The summed E-state index contributed by atoms with van der Waals surface area (Å²) in [6.07, 6.45) is 0.687. The van der Waals surface area contributed by atoms with Gasteiger partial charge in [-0.25, -0.2) is 0 Å². The van der Waals surface area contributed by atoms with Gasteiger partial charge in [0.15, 0.2) is 11.5 Å². The van der Waals surface area contributed by atoms with E-state index in [1.807, 2.05) is 36.4 Å². The first-order valence-electron chi connectivity index (χ1n) is 11.5. The van der Waals surface area contributed by atoms with E-state index in [0.29, 0.717) is 23.6 Å².